The van der Waals surface area contributed by atoms with E-state index in [-0.39, 0.29) is 5.91 Å². The van der Waals surface area contributed by atoms with Crippen LogP contribution in [0.3, 0.4) is 0 Å². The van der Waals surface area contributed by atoms with Crippen LogP contribution >= 0.6 is 39.1 Å². The van der Waals surface area contributed by atoms with Gasteiger partial charge in [0, 0.05) is 27.4 Å². The maximum atomic E-state index is 12.3. The van der Waals surface area contributed by atoms with Crippen molar-refractivity contribution in [1.82, 2.24) is 0 Å². The number of ether oxygens (including phenoxy) is 2. The molecule has 166 valence electrons. The molecule has 0 heterocycles. The lowest BCUT2D eigenvalue weighted by Gasteiger charge is -2.15. The van der Waals surface area contributed by atoms with Gasteiger partial charge in [-0.1, -0.05) is 47.5 Å². The first-order valence-electron chi connectivity index (χ1n) is 9.95. The van der Waals surface area contributed by atoms with E-state index in [0.29, 0.717) is 44.9 Å². The number of rotatable bonds is 8. The van der Waals surface area contributed by atoms with Crippen molar-refractivity contribution in [3.05, 3.63) is 91.9 Å². The van der Waals surface area contributed by atoms with E-state index in [4.69, 9.17) is 32.7 Å². The van der Waals surface area contributed by atoms with Gasteiger partial charge in [0.1, 0.15) is 6.61 Å². The number of anilines is 1. The Bertz CT molecular complexity index is 1150. The third-order valence-electron chi connectivity index (χ3n) is 4.53. The Morgan fingerprint density at radius 3 is 2.56 bits per heavy atom. The second-order valence-electron chi connectivity index (χ2n) is 6.93. The molecule has 0 aliphatic carbocycles. The molecule has 0 saturated heterocycles. The summed E-state index contributed by atoms with van der Waals surface area (Å²) in [5, 5.41) is 4.04. The summed E-state index contributed by atoms with van der Waals surface area (Å²) in [6.07, 6.45) is 3.16. The van der Waals surface area contributed by atoms with E-state index in [0.717, 1.165) is 16.7 Å². The summed E-state index contributed by atoms with van der Waals surface area (Å²) < 4.78 is 12.5. The average molecular weight is 535 g/mol. The minimum Gasteiger partial charge on any atom is -0.490 e. The molecule has 7 heteroatoms. The highest BCUT2D eigenvalue weighted by Gasteiger charge is 2.13. The van der Waals surface area contributed by atoms with Gasteiger partial charge in [-0.05, 0) is 77.3 Å². The van der Waals surface area contributed by atoms with Crippen molar-refractivity contribution < 1.29 is 14.3 Å². The second-order valence-corrected chi connectivity index (χ2v) is 8.60. The van der Waals surface area contributed by atoms with Crippen molar-refractivity contribution in [2.45, 2.75) is 20.5 Å². The quantitative estimate of drug-likeness (QED) is 0.301. The Morgan fingerprint density at radius 1 is 1.06 bits per heavy atom. The van der Waals surface area contributed by atoms with E-state index in [1.54, 1.807) is 12.1 Å². The molecule has 32 heavy (non-hydrogen) atoms. The van der Waals surface area contributed by atoms with Crippen molar-refractivity contribution in [3.63, 3.8) is 0 Å². The highest BCUT2D eigenvalue weighted by atomic mass is 79.9. The lowest BCUT2D eigenvalue weighted by molar-refractivity contribution is -0.111. The van der Waals surface area contributed by atoms with Crippen molar-refractivity contribution in [2.24, 2.45) is 0 Å². The van der Waals surface area contributed by atoms with E-state index in [2.05, 4.69) is 21.2 Å². The Hall–Kier alpha value is -2.47. The maximum absolute atomic E-state index is 12.3. The highest BCUT2D eigenvalue weighted by Crippen LogP contribution is 2.38. The van der Waals surface area contributed by atoms with Gasteiger partial charge in [0.25, 0.3) is 0 Å². The number of carbonyl (C=O) groups is 1. The predicted molar refractivity (Wildman–Crippen MR) is 135 cm³/mol. The molecule has 1 N–H and O–H groups in total. The Kier molecular flexibility index (Phi) is 8.62. The van der Waals surface area contributed by atoms with Crippen LogP contribution in [0.25, 0.3) is 6.08 Å². The fourth-order valence-corrected chi connectivity index (χ4v) is 3.82. The van der Waals surface area contributed by atoms with Gasteiger partial charge in [0.05, 0.1) is 11.1 Å². The zero-order chi connectivity index (χ0) is 23.1. The first-order chi connectivity index (χ1) is 15.4. The molecule has 0 unspecified atom stereocenters. The SMILES string of the molecule is CCOc1cc(/C=C/C(=O)Nc2ccc(C)c(Cl)c2)cc(Br)c1OCc1ccccc1Cl. The molecule has 0 aliphatic rings. The molecule has 0 radical (unpaired) electrons. The Morgan fingerprint density at radius 2 is 1.84 bits per heavy atom. The van der Waals surface area contributed by atoms with Gasteiger partial charge < -0.3 is 14.8 Å². The van der Waals surface area contributed by atoms with E-state index in [1.165, 1.54) is 6.08 Å². The molecule has 0 aliphatic heterocycles. The normalized spacial score (nSPS) is 10.9. The third kappa shape index (κ3) is 6.52. The summed E-state index contributed by atoms with van der Waals surface area (Å²) in [5.74, 6) is 0.875. The van der Waals surface area contributed by atoms with Crippen LogP contribution < -0.4 is 14.8 Å². The number of hydrogen-bond acceptors (Lipinski definition) is 3. The monoisotopic (exact) mass is 533 g/mol. The van der Waals surface area contributed by atoms with Gasteiger partial charge in [-0.15, -0.1) is 0 Å². The van der Waals surface area contributed by atoms with Crippen LogP contribution in [0.5, 0.6) is 11.5 Å². The summed E-state index contributed by atoms with van der Waals surface area (Å²) in [7, 11) is 0. The zero-order valence-electron chi connectivity index (χ0n) is 17.6. The van der Waals surface area contributed by atoms with Gasteiger partial charge in [-0.2, -0.15) is 0 Å². The predicted octanol–water partition coefficient (Wildman–Crippen LogP) is 7.69. The molecular weight excluding hydrogens is 513 g/mol. The fraction of sp³-hybridized carbons (Fsp3) is 0.160. The topological polar surface area (TPSA) is 47.6 Å². The maximum Gasteiger partial charge on any atom is 0.248 e. The van der Waals surface area contributed by atoms with Gasteiger partial charge in [0.2, 0.25) is 5.91 Å². The summed E-state index contributed by atoms with van der Waals surface area (Å²) >= 11 is 15.9. The molecule has 4 nitrogen and oxygen atoms in total. The molecule has 0 saturated carbocycles. The molecule has 3 aromatic carbocycles. The smallest absolute Gasteiger partial charge is 0.248 e. The van der Waals surface area contributed by atoms with Gasteiger partial charge in [0.15, 0.2) is 11.5 Å². The van der Waals surface area contributed by atoms with E-state index in [9.17, 15) is 4.79 Å². The molecule has 0 fully saturated rings. The number of benzene rings is 3. The minimum atomic E-state index is -0.266. The number of amides is 1. The van der Waals surface area contributed by atoms with Crippen molar-refractivity contribution in [1.29, 1.82) is 0 Å². The molecule has 0 aromatic heterocycles. The van der Waals surface area contributed by atoms with E-state index < -0.39 is 0 Å². The Balaban J connectivity index is 1.74. The first kappa shape index (κ1) is 24.2. The van der Waals surface area contributed by atoms with Crippen LogP contribution in [0.4, 0.5) is 5.69 Å². The largest absolute Gasteiger partial charge is 0.490 e. The average Bonchev–Trinajstić information content (AvgIpc) is 2.75. The van der Waals surface area contributed by atoms with Crippen molar-refractivity contribution >= 4 is 56.8 Å². The van der Waals surface area contributed by atoms with Crippen LogP contribution in [0.2, 0.25) is 10.0 Å². The molecule has 0 atom stereocenters. The van der Waals surface area contributed by atoms with Crippen LogP contribution in [-0.2, 0) is 11.4 Å². The van der Waals surface area contributed by atoms with Crippen molar-refractivity contribution in [3.8, 4) is 11.5 Å². The van der Waals surface area contributed by atoms with Gasteiger partial charge >= 0.3 is 0 Å². The summed E-state index contributed by atoms with van der Waals surface area (Å²) in [4.78, 5) is 12.3. The lowest BCUT2D eigenvalue weighted by Crippen LogP contribution is -2.07. The Labute approximate surface area is 206 Å². The van der Waals surface area contributed by atoms with E-state index in [1.807, 2.05) is 62.4 Å². The molecular formula is C25H22BrCl2NO3. The van der Waals surface area contributed by atoms with E-state index >= 15 is 0 Å². The van der Waals surface area contributed by atoms with Gasteiger partial charge in [-0.3, -0.25) is 4.79 Å². The van der Waals surface area contributed by atoms with Crippen molar-refractivity contribution in [2.75, 3.05) is 11.9 Å². The summed E-state index contributed by atoms with van der Waals surface area (Å²) in [5.41, 5.74) is 3.24. The molecule has 1 amide bonds. The van der Waals surface area contributed by atoms with Crippen LogP contribution in [-0.4, -0.2) is 12.5 Å². The molecule has 3 aromatic rings. The number of hydrogen-bond donors (Lipinski definition) is 1. The van der Waals surface area contributed by atoms with Gasteiger partial charge in [-0.25, -0.2) is 0 Å². The summed E-state index contributed by atoms with van der Waals surface area (Å²) in [6.45, 7) is 4.57. The number of halogens is 3. The lowest BCUT2D eigenvalue weighted by atomic mass is 10.1. The zero-order valence-corrected chi connectivity index (χ0v) is 20.7. The fourth-order valence-electron chi connectivity index (χ4n) is 2.88. The number of nitrogens with one attached hydrogen (secondary N) is 1. The number of aryl methyl sites for hydroxylation is 1. The standard InChI is InChI=1S/C25H22BrCl2NO3/c1-3-31-23-13-17(9-11-24(30)29-19-10-8-16(2)22(28)14-19)12-20(26)25(23)32-15-18-6-4-5-7-21(18)27/h4-14H,3,15H2,1-2H3,(H,29,30)/b11-9+. The molecule has 0 spiro atoms. The first-order valence-corrected chi connectivity index (χ1v) is 11.5. The summed E-state index contributed by atoms with van der Waals surface area (Å²) in [6, 6.07) is 16.6. The third-order valence-corrected chi connectivity index (χ3v) is 5.89. The van der Waals surface area contributed by atoms with Crippen LogP contribution in [0, 0.1) is 6.92 Å². The van der Waals surface area contributed by atoms with Crippen LogP contribution in [0.15, 0.2) is 65.1 Å². The number of carbonyl (C=O) groups excluding carboxylic acids is 1. The molecule has 3 rings (SSSR count). The van der Waals surface area contributed by atoms with Crippen LogP contribution in [0.1, 0.15) is 23.6 Å². The second kappa shape index (κ2) is 11.4. The minimum absolute atomic E-state index is 0.266. The highest BCUT2D eigenvalue weighted by molar-refractivity contribution is 9.10. The molecule has 0 bridgehead atoms.